The molecule has 1 N–H and O–H groups in total. The lowest BCUT2D eigenvalue weighted by atomic mass is 10.0. The quantitative estimate of drug-likeness (QED) is 0.862. The van der Waals surface area contributed by atoms with Crippen LogP contribution in [0.5, 0.6) is 5.75 Å². The molecule has 17 heavy (non-hydrogen) atoms. The van der Waals surface area contributed by atoms with Gasteiger partial charge in [0.05, 0.1) is 12.8 Å². The monoisotopic (exact) mass is 234 g/mol. The molecule has 0 radical (unpaired) electrons. The molecule has 3 heteroatoms. The molecule has 0 amide bonds. The molecule has 2 rings (SSSR count). The van der Waals surface area contributed by atoms with Gasteiger partial charge in [-0.2, -0.15) is 0 Å². The number of hydrogen-bond acceptors (Lipinski definition) is 3. The minimum atomic E-state index is 0.769. The van der Waals surface area contributed by atoms with Gasteiger partial charge in [-0.25, -0.2) is 0 Å². The summed E-state index contributed by atoms with van der Waals surface area (Å²) in [5, 5.41) is 3.31. The van der Waals surface area contributed by atoms with Crippen molar-refractivity contribution < 1.29 is 4.74 Å². The summed E-state index contributed by atoms with van der Waals surface area (Å²) in [5.74, 6) is 1.77. The highest BCUT2D eigenvalue weighted by Crippen LogP contribution is 2.32. The van der Waals surface area contributed by atoms with Crippen molar-refractivity contribution in [2.75, 3.05) is 38.7 Å². The molecule has 1 aliphatic heterocycles. The Morgan fingerprint density at radius 3 is 2.59 bits per heavy atom. The summed E-state index contributed by atoms with van der Waals surface area (Å²) in [6.45, 7) is 7.60. The fourth-order valence-corrected chi connectivity index (χ4v) is 2.44. The van der Waals surface area contributed by atoms with Crippen molar-refractivity contribution in [3.8, 4) is 5.75 Å². The van der Waals surface area contributed by atoms with E-state index in [4.69, 9.17) is 4.74 Å². The Bertz CT molecular complexity index is 399. The highest BCUT2D eigenvalue weighted by molar-refractivity contribution is 5.63. The summed E-state index contributed by atoms with van der Waals surface area (Å²) < 4.78 is 5.53. The van der Waals surface area contributed by atoms with Crippen LogP contribution in [0.2, 0.25) is 0 Å². The molecule has 0 aromatic heterocycles. The van der Waals surface area contributed by atoms with Gasteiger partial charge in [0.2, 0.25) is 0 Å². The highest BCUT2D eigenvalue weighted by Gasteiger charge is 2.20. The summed E-state index contributed by atoms with van der Waals surface area (Å²) in [5.41, 5.74) is 3.70. The summed E-state index contributed by atoms with van der Waals surface area (Å²) in [7, 11) is 3.90. The number of ether oxygens (including phenoxy) is 1. The zero-order valence-corrected chi connectivity index (χ0v) is 11.2. The predicted molar refractivity (Wildman–Crippen MR) is 72.1 cm³/mol. The van der Waals surface area contributed by atoms with Gasteiger partial charge in [0.1, 0.15) is 5.75 Å². The lowest BCUT2D eigenvalue weighted by Crippen LogP contribution is -2.47. The van der Waals surface area contributed by atoms with Crippen LogP contribution in [0.15, 0.2) is 12.1 Å². The molecule has 1 saturated heterocycles. The van der Waals surface area contributed by atoms with Crippen LogP contribution in [-0.4, -0.2) is 33.8 Å². The first kappa shape index (κ1) is 12.2. The molecule has 1 aliphatic rings. The second-order valence-electron chi connectivity index (χ2n) is 5.04. The van der Waals surface area contributed by atoms with Crippen molar-refractivity contribution in [2.24, 2.45) is 5.92 Å². The second-order valence-corrected chi connectivity index (χ2v) is 5.04. The average molecular weight is 234 g/mol. The SMILES string of the molecule is COc1c(C)cc(C)cc1N(C)CC1CNC1. The Kier molecular flexibility index (Phi) is 3.57. The van der Waals surface area contributed by atoms with Crippen LogP contribution >= 0.6 is 0 Å². The molecule has 0 spiro atoms. The first-order chi connectivity index (χ1) is 8.11. The van der Waals surface area contributed by atoms with Crippen LogP contribution in [0.3, 0.4) is 0 Å². The van der Waals surface area contributed by atoms with Crippen molar-refractivity contribution in [2.45, 2.75) is 13.8 Å². The number of nitrogens with zero attached hydrogens (tertiary/aromatic N) is 1. The lowest BCUT2D eigenvalue weighted by Gasteiger charge is -2.33. The maximum absolute atomic E-state index is 5.53. The minimum Gasteiger partial charge on any atom is -0.494 e. The zero-order chi connectivity index (χ0) is 12.4. The topological polar surface area (TPSA) is 24.5 Å². The van der Waals surface area contributed by atoms with Crippen molar-refractivity contribution in [3.63, 3.8) is 0 Å². The molecule has 0 bridgehead atoms. The molecular formula is C14H22N2O. The van der Waals surface area contributed by atoms with Crippen LogP contribution in [-0.2, 0) is 0 Å². The summed E-state index contributed by atoms with van der Waals surface area (Å²) in [4.78, 5) is 2.31. The molecule has 1 fully saturated rings. The van der Waals surface area contributed by atoms with E-state index in [0.29, 0.717) is 0 Å². The molecule has 1 aromatic rings. The number of nitrogens with one attached hydrogen (secondary N) is 1. The van der Waals surface area contributed by atoms with Crippen molar-refractivity contribution in [3.05, 3.63) is 23.3 Å². The highest BCUT2D eigenvalue weighted by atomic mass is 16.5. The first-order valence-electron chi connectivity index (χ1n) is 6.19. The third-order valence-electron chi connectivity index (χ3n) is 3.41. The number of rotatable bonds is 4. The smallest absolute Gasteiger partial charge is 0.145 e. The van der Waals surface area contributed by atoms with E-state index in [2.05, 4.69) is 43.2 Å². The fraction of sp³-hybridized carbons (Fsp3) is 0.571. The largest absolute Gasteiger partial charge is 0.494 e. The maximum Gasteiger partial charge on any atom is 0.145 e. The van der Waals surface area contributed by atoms with Crippen molar-refractivity contribution in [1.29, 1.82) is 0 Å². The number of hydrogen-bond donors (Lipinski definition) is 1. The van der Waals surface area contributed by atoms with Gasteiger partial charge in [-0.05, 0) is 31.0 Å². The Morgan fingerprint density at radius 1 is 1.35 bits per heavy atom. The molecule has 0 aliphatic carbocycles. The Balaban J connectivity index is 2.22. The minimum absolute atomic E-state index is 0.769. The van der Waals surface area contributed by atoms with E-state index < -0.39 is 0 Å². The third kappa shape index (κ3) is 2.55. The third-order valence-corrected chi connectivity index (χ3v) is 3.41. The van der Waals surface area contributed by atoms with Gasteiger partial charge in [0.15, 0.2) is 0 Å². The van der Waals surface area contributed by atoms with E-state index >= 15 is 0 Å². The van der Waals surface area contributed by atoms with E-state index in [0.717, 1.165) is 31.3 Å². The van der Waals surface area contributed by atoms with E-state index in [9.17, 15) is 0 Å². The van der Waals surface area contributed by atoms with E-state index in [1.165, 1.54) is 16.8 Å². The molecule has 0 saturated carbocycles. The van der Waals surface area contributed by atoms with Crippen molar-refractivity contribution >= 4 is 5.69 Å². The van der Waals surface area contributed by atoms with Gasteiger partial charge in [-0.15, -0.1) is 0 Å². The van der Waals surface area contributed by atoms with Gasteiger partial charge in [-0.1, -0.05) is 6.07 Å². The maximum atomic E-state index is 5.53. The lowest BCUT2D eigenvalue weighted by molar-refractivity contribution is 0.351. The van der Waals surface area contributed by atoms with Crippen LogP contribution in [0, 0.1) is 19.8 Å². The predicted octanol–water partition coefficient (Wildman–Crippen LogP) is 1.97. The molecule has 0 atom stereocenters. The van der Waals surface area contributed by atoms with Crippen LogP contribution in [0.4, 0.5) is 5.69 Å². The van der Waals surface area contributed by atoms with Crippen molar-refractivity contribution in [1.82, 2.24) is 5.32 Å². The van der Waals surface area contributed by atoms with Gasteiger partial charge < -0.3 is 15.0 Å². The summed E-state index contributed by atoms with van der Waals surface area (Å²) >= 11 is 0. The normalized spacial score (nSPS) is 15.5. The van der Waals surface area contributed by atoms with Gasteiger partial charge in [-0.3, -0.25) is 0 Å². The fourth-order valence-electron chi connectivity index (χ4n) is 2.44. The van der Waals surface area contributed by atoms with Gasteiger partial charge in [0, 0.05) is 32.6 Å². The van der Waals surface area contributed by atoms with Crippen LogP contribution in [0.1, 0.15) is 11.1 Å². The first-order valence-corrected chi connectivity index (χ1v) is 6.19. The van der Waals surface area contributed by atoms with Gasteiger partial charge >= 0.3 is 0 Å². The van der Waals surface area contributed by atoms with Crippen LogP contribution < -0.4 is 15.0 Å². The van der Waals surface area contributed by atoms with E-state index in [1.54, 1.807) is 7.11 Å². The number of methoxy groups -OCH3 is 1. The second kappa shape index (κ2) is 4.96. The molecular weight excluding hydrogens is 212 g/mol. The number of benzene rings is 1. The Labute approximate surface area is 104 Å². The molecule has 1 heterocycles. The van der Waals surface area contributed by atoms with Gasteiger partial charge in [0.25, 0.3) is 0 Å². The summed E-state index contributed by atoms with van der Waals surface area (Å²) in [6.07, 6.45) is 0. The van der Waals surface area contributed by atoms with E-state index in [-0.39, 0.29) is 0 Å². The van der Waals surface area contributed by atoms with E-state index in [1.807, 2.05) is 0 Å². The molecule has 1 aromatic carbocycles. The Hall–Kier alpha value is -1.22. The Morgan fingerprint density at radius 2 is 2.06 bits per heavy atom. The number of anilines is 1. The van der Waals surface area contributed by atoms with Crippen LogP contribution in [0.25, 0.3) is 0 Å². The molecule has 0 unspecified atom stereocenters. The molecule has 3 nitrogen and oxygen atoms in total. The summed E-state index contributed by atoms with van der Waals surface area (Å²) in [6, 6.07) is 4.37. The zero-order valence-electron chi connectivity index (χ0n) is 11.2. The number of aryl methyl sites for hydroxylation is 2. The molecule has 94 valence electrons. The average Bonchev–Trinajstić information content (AvgIpc) is 2.22. The standard InChI is InChI=1S/C14H22N2O/c1-10-5-11(2)14(17-4)13(6-10)16(3)9-12-7-15-8-12/h5-6,12,15H,7-9H2,1-4H3.